The standard InChI is InChI=1S/C14H9F3N2OS/c15-8-5-10(16)9(11(17)6-8)7-19-12-3-1-2-4-13(12)21-18-14(19)20/h1-6H,7H2,(H,18,20). The minimum atomic E-state index is -1.02. The summed E-state index contributed by atoms with van der Waals surface area (Å²) in [5.41, 5.74) is 0.197. The van der Waals surface area contributed by atoms with E-state index in [0.717, 1.165) is 16.8 Å². The minimum Gasteiger partial charge on any atom is -0.288 e. The van der Waals surface area contributed by atoms with E-state index >= 15 is 0 Å². The monoisotopic (exact) mass is 310 g/mol. The molecule has 1 heterocycles. The SMILES string of the molecule is O=C1NSc2ccccc2N1Cc1c(F)cc(F)cc1F. The molecule has 2 aromatic rings. The number of para-hydroxylation sites is 1. The van der Waals surface area contributed by atoms with Crippen LogP contribution in [-0.4, -0.2) is 6.03 Å². The minimum absolute atomic E-state index is 0.318. The van der Waals surface area contributed by atoms with Crippen LogP contribution in [0.25, 0.3) is 0 Å². The number of hydrogen-bond donors (Lipinski definition) is 1. The number of amides is 2. The molecule has 3 nitrogen and oxygen atoms in total. The summed E-state index contributed by atoms with van der Waals surface area (Å²) in [6.45, 7) is -0.318. The predicted octanol–water partition coefficient (Wildman–Crippen LogP) is 3.84. The van der Waals surface area contributed by atoms with Crippen LogP contribution in [0.1, 0.15) is 5.56 Å². The van der Waals surface area contributed by atoms with Gasteiger partial charge in [-0.2, -0.15) is 0 Å². The molecule has 1 N–H and O–H groups in total. The molecule has 0 atom stereocenters. The Morgan fingerprint density at radius 2 is 1.76 bits per heavy atom. The molecule has 0 aromatic heterocycles. The number of carbonyl (C=O) groups excluding carboxylic acids is 1. The van der Waals surface area contributed by atoms with Crippen molar-refractivity contribution in [2.24, 2.45) is 0 Å². The molecule has 0 radical (unpaired) electrons. The van der Waals surface area contributed by atoms with Gasteiger partial charge >= 0.3 is 6.03 Å². The van der Waals surface area contributed by atoms with Crippen LogP contribution in [0.5, 0.6) is 0 Å². The lowest BCUT2D eigenvalue weighted by Crippen LogP contribution is -2.40. The largest absolute Gasteiger partial charge is 0.332 e. The molecule has 21 heavy (non-hydrogen) atoms. The maximum absolute atomic E-state index is 13.7. The number of benzene rings is 2. The molecule has 1 aliphatic heterocycles. The lowest BCUT2D eigenvalue weighted by molar-refractivity contribution is 0.250. The normalized spacial score (nSPS) is 13.9. The summed E-state index contributed by atoms with van der Waals surface area (Å²) in [7, 11) is 0. The van der Waals surface area contributed by atoms with E-state index in [9.17, 15) is 18.0 Å². The Labute approximate surface area is 122 Å². The Morgan fingerprint density at radius 1 is 1.10 bits per heavy atom. The van der Waals surface area contributed by atoms with Crippen molar-refractivity contribution < 1.29 is 18.0 Å². The van der Waals surface area contributed by atoms with Gasteiger partial charge < -0.3 is 0 Å². The Balaban J connectivity index is 2.00. The van der Waals surface area contributed by atoms with Crippen LogP contribution in [0.3, 0.4) is 0 Å². The van der Waals surface area contributed by atoms with Gasteiger partial charge in [0, 0.05) is 17.7 Å². The summed E-state index contributed by atoms with van der Waals surface area (Å²) in [4.78, 5) is 13.9. The second-order valence-electron chi connectivity index (χ2n) is 4.41. The molecule has 0 fully saturated rings. The third kappa shape index (κ3) is 2.56. The Kier molecular flexibility index (Phi) is 3.50. The molecular formula is C14H9F3N2OS. The highest BCUT2D eigenvalue weighted by atomic mass is 32.2. The average molecular weight is 310 g/mol. The number of fused-ring (bicyclic) bond motifs is 1. The van der Waals surface area contributed by atoms with E-state index in [1.807, 2.05) is 0 Å². The topological polar surface area (TPSA) is 32.3 Å². The summed E-state index contributed by atoms with van der Waals surface area (Å²) in [6.07, 6.45) is 0. The highest BCUT2D eigenvalue weighted by molar-refractivity contribution is 7.98. The first-order valence-electron chi connectivity index (χ1n) is 6.03. The van der Waals surface area contributed by atoms with Gasteiger partial charge in [-0.1, -0.05) is 12.1 Å². The average Bonchev–Trinajstić information content (AvgIpc) is 2.44. The summed E-state index contributed by atoms with van der Waals surface area (Å²) >= 11 is 1.13. The summed E-state index contributed by atoms with van der Waals surface area (Å²) in [6, 6.07) is 7.69. The first kappa shape index (κ1) is 13.8. The van der Waals surface area contributed by atoms with Crippen molar-refractivity contribution in [1.82, 2.24) is 4.72 Å². The van der Waals surface area contributed by atoms with Crippen LogP contribution in [-0.2, 0) is 6.54 Å². The Bertz CT molecular complexity index is 700. The van der Waals surface area contributed by atoms with E-state index in [4.69, 9.17) is 0 Å². The van der Waals surface area contributed by atoms with Crippen molar-refractivity contribution >= 4 is 23.7 Å². The maximum Gasteiger partial charge on any atom is 0.332 e. The van der Waals surface area contributed by atoms with E-state index in [1.165, 1.54) is 4.90 Å². The summed E-state index contributed by atoms with van der Waals surface area (Å²) in [5, 5.41) is 0. The van der Waals surface area contributed by atoms with Crippen molar-refractivity contribution in [1.29, 1.82) is 0 Å². The molecule has 0 saturated heterocycles. The van der Waals surface area contributed by atoms with E-state index in [2.05, 4.69) is 4.72 Å². The zero-order chi connectivity index (χ0) is 15.0. The lowest BCUT2D eigenvalue weighted by Gasteiger charge is -2.29. The van der Waals surface area contributed by atoms with E-state index in [0.29, 0.717) is 17.8 Å². The fourth-order valence-corrected chi connectivity index (χ4v) is 2.80. The number of urea groups is 1. The first-order chi connectivity index (χ1) is 10.1. The number of carbonyl (C=O) groups is 1. The fourth-order valence-electron chi connectivity index (χ4n) is 2.07. The quantitative estimate of drug-likeness (QED) is 0.855. The van der Waals surface area contributed by atoms with E-state index < -0.39 is 23.5 Å². The van der Waals surface area contributed by atoms with E-state index in [-0.39, 0.29) is 12.1 Å². The van der Waals surface area contributed by atoms with Crippen LogP contribution >= 0.6 is 11.9 Å². The second-order valence-corrected chi connectivity index (χ2v) is 5.26. The van der Waals surface area contributed by atoms with Crippen LogP contribution in [0.2, 0.25) is 0 Å². The molecular weight excluding hydrogens is 301 g/mol. The first-order valence-corrected chi connectivity index (χ1v) is 6.84. The Morgan fingerprint density at radius 3 is 2.48 bits per heavy atom. The van der Waals surface area contributed by atoms with Crippen molar-refractivity contribution in [2.75, 3.05) is 4.90 Å². The maximum atomic E-state index is 13.7. The molecule has 1 aliphatic rings. The highest BCUT2D eigenvalue weighted by Gasteiger charge is 2.26. The smallest absolute Gasteiger partial charge is 0.288 e. The number of nitrogens with one attached hydrogen (secondary N) is 1. The molecule has 0 spiro atoms. The molecule has 2 amide bonds. The number of rotatable bonds is 2. The van der Waals surface area contributed by atoms with Crippen molar-refractivity contribution in [2.45, 2.75) is 11.4 Å². The number of anilines is 1. The predicted molar refractivity (Wildman–Crippen MR) is 73.3 cm³/mol. The summed E-state index contributed by atoms with van der Waals surface area (Å²) in [5.74, 6) is -3.03. The second kappa shape index (κ2) is 5.33. The van der Waals surface area contributed by atoms with Crippen LogP contribution in [0, 0.1) is 17.5 Å². The van der Waals surface area contributed by atoms with Crippen LogP contribution in [0.15, 0.2) is 41.3 Å². The van der Waals surface area contributed by atoms with Crippen LogP contribution < -0.4 is 9.62 Å². The van der Waals surface area contributed by atoms with Gasteiger partial charge in [0.1, 0.15) is 17.5 Å². The van der Waals surface area contributed by atoms with Gasteiger partial charge in [0.05, 0.1) is 17.1 Å². The van der Waals surface area contributed by atoms with Gasteiger partial charge in [0.15, 0.2) is 0 Å². The van der Waals surface area contributed by atoms with E-state index in [1.54, 1.807) is 24.3 Å². The fraction of sp³-hybridized carbons (Fsp3) is 0.0714. The van der Waals surface area contributed by atoms with Gasteiger partial charge in [-0.15, -0.1) is 0 Å². The van der Waals surface area contributed by atoms with Gasteiger partial charge in [-0.05, 0) is 24.1 Å². The molecule has 0 unspecified atom stereocenters. The molecule has 3 rings (SSSR count). The van der Waals surface area contributed by atoms with Gasteiger partial charge in [0.25, 0.3) is 0 Å². The molecule has 0 bridgehead atoms. The lowest BCUT2D eigenvalue weighted by atomic mass is 10.1. The number of hydrogen-bond acceptors (Lipinski definition) is 2. The van der Waals surface area contributed by atoms with Crippen molar-refractivity contribution in [3.05, 3.63) is 59.4 Å². The van der Waals surface area contributed by atoms with Gasteiger partial charge in [-0.25, -0.2) is 18.0 Å². The third-order valence-corrected chi connectivity index (χ3v) is 3.91. The number of nitrogens with zero attached hydrogens (tertiary/aromatic N) is 1. The Hall–Kier alpha value is -2.15. The van der Waals surface area contributed by atoms with Gasteiger partial charge in [0.2, 0.25) is 0 Å². The third-order valence-electron chi connectivity index (χ3n) is 3.07. The highest BCUT2D eigenvalue weighted by Crippen LogP contribution is 2.34. The summed E-state index contributed by atoms with van der Waals surface area (Å²) < 4.78 is 42.9. The zero-order valence-electron chi connectivity index (χ0n) is 10.6. The molecule has 108 valence electrons. The molecule has 2 aromatic carbocycles. The van der Waals surface area contributed by atoms with Crippen molar-refractivity contribution in [3.63, 3.8) is 0 Å². The molecule has 0 aliphatic carbocycles. The number of halogens is 3. The zero-order valence-corrected chi connectivity index (χ0v) is 11.4. The molecule has 0 saturated carbocycles. The van der Waals surface area contributed by atoms with Crippen molar-refractivity contribution in [3.8, 4) is 0 Å². The molecule has 7 heteroatoms. The van der Waals surface area contributed by atoms with Gasteiger partial charge in [-0.3, -0.25) is 9.62 Å². The van der Waals surface area contributed by atoms with Crippen LogP contribution in [0.4, 0.5) is 23.7 Å².